The maximum atomic E-state index is 12.3. The molecule has 0 saturated carbocycles. The first-order valence-electron chi connectivity index (χ1n) is 8.17. The van der Waals surface area contributed by atoms with Gasteiger partial charge in [0.2, 0.25) is 6.79 Å². The Hall–Kier alpha value is -3.32. The van der Waals surface area contributed by atoms with Crippen molar-refractivity contribution in [3.05, 3.63) is 70.5 Å². The summed E-state index contributed by atoms with van der Waals surface area (Å²) in [5, 5.41) is 8.85. The van der Waals surface area contributed by atoms with Gasteiger partial charge in [-0.3, -0.25) is 4.79 Å². The molecule has 0 saturated heterocycles. The Bertz CT molecular complexity index is 1030. The maximum absolute atomic E-state index is 12.3. The van der Waals surface area contributed by atoms with Crippen LogP contribution in [-0.4, -0.2) is 28.7 Å². The number of hydrogen-bond acceptors (Lipinski definition) is 5. The molecule has 3 aromatic rings. The summed E-state index contributed by atoms with van der Waals surface area (Å²) >= 11 is 6.43. The molecule has 0 aliphatic carbocycles. The summed E-state index contributed by atoms with van der Waals surface area (Å²) in [4.78, 5) is 12.3. The molecule has 2 heterocycles. The Balaban J connectivity index is 1.50. The number of hydrogen-bond donors (Lipinski definition) is 1. The first-order valence-corrected chi connectivity index (χ1v) is 8.55. The molecule has 8 heteroatoms. The smallest absolute Gasteiger partial charge is 0.271 e. The molecule has 0 bridgehead atoms. The molecule has 0 fully saturated rings. The number of nitrogens with zero attached hydrogens (tertiary/aromatic N) is 3. The number of benzene rings is 2. The molecule has 4 rings (SSSR count). The summed E-state index contributed by atoms with van der Waals surface area (Å²) in [7, 11) is 0. The Morgan fingerprint density at radius 1 is 1.22 bits per heavy atom. The monoisotopic (exact) mass is 382 g/mol. The van der Waals surface area contributed by atoms with E-state index in [1.54, 1.807) is 22.9 Å². The number of para-hydroxylation sites is 1. The van der Waals surface area contributed by atoms with E-state index in [0.717, 1.165) is 5.69 Å². The van der Waals surface area contributed by atoms with Gasteiger partial charge in [-0.2, -0.15) is 10.2 Å². The Labute approximate surface area is 160 Å². The summed E-state index contributed by atoms with van der Waals surface area (Å²) in [6, 6.07) is 14.5. The van der Waals surface area contributed by atoms with Crippen LogP contribution in [0, 0.1) is 6.92 Å². The molecule has 1 N–H and O–H groups in total. The van der Waals surface area contributed by atoms with Gasteiger partial charge in [0.25, 0.3) is 5.91 Å². The first-order chi connectivity index (χ1) is 13.1. The van der Waals surface area contributed by atoms with Gasteiger partial charge in [0, 0.05) is 5.56 Å². The predicted molar refractivity (Wildman–Crippen MR) is 101 cm³/mol. The minimum Gasteiger partial charge on any atom is -0.454 e. The average Bonchev–Trinajstić information content (AvgIpc) is 3.27. The highest BCUT2D eigenvalue weighted by atomic mass is 35.5. The molecular weight excluding hydrogens is 368 g/mol. The molecule has 1 amide bonds. The molecule has 0 radical (unpaired) electrons. The maximum Gasteiger partial charge on any atom is 0.271 e. The van der Waals surface area contributed by atoms with Crippen LogP contribution in [0.4, 0.5) is 0 Å². The number of rotatable bonds is 4. The third-order valence-electron chi connectivity index (χ3n) is 4.04. The number of aromatic nitrogens is 2. The second-order valence-electron chi connectivity index (χ2n) is 5.80. The lowest BCUT2D eigenvalue weighted by molar-refractivity contribution is 0.0954. The van der Waals surface area contributed by atoms with E-state index >= 15 is 0 Å². The molecule has 136 valence electrons. The van der Waals surface area contributed by atoms with Crippen molar-refractivity contribution < 1.29 is 14.3 Å². The van der Waals surface area contributed by atoms with Crippen molar-refractivity contribution in [2.24, 2.45) is 5.10 Å². The molecular formula is C19H15ClN4O3. The van der Waals surface area contributed by atoms with Crippen LogP contribution in [0.2, 0.25) is 5.15 Å². The van der Waals surface area contributed by atoms with Crippen LogP contribution in [-0.2, 0) is 0 Å². The van der Waals surface area contributed by atoms with Crippen LogP contribution in [0.15, 0.2) is 53.6 Å². The number of halogens is 1. The number of carbonyl (C=O) groups excluding carboxylic acids is 1. The zero-order chi connectivity index (χ0) is 18.8. The van der Waals surface area contributed by atoms with E-state index in [1.807, 2.05) is 37.3 Å². The van der Waals surface area contributed by atoms with Gasteiger partial charge in [-0.15, -0.1) is 0 Å². The minimum absolute atomic E-state index is 0.155. The molecule has 0 atom stereocenters. The van der Waals surface area contributed by atoms with E-state index in [-0.39, 0.29) is 12.7 Å². The van der Waals surface area contributed by atoms with E-state index < -0.39 is 0 Å². The fourth-order valence-electron chi connectivity index (χ4n) is 2.66. The van der Waals surface area contributed by atoms with Crippen LogP contribution in [0.25, 0.3) is 5.69 Å². The zero-order valence-electron chi connectivity index (χ0n) is 14.3. The molecule has 2 aromatic carbocycles. The lowest BCUT2D eigenvalue weighted by Gasteiger charge is -2.02. The number of hydrazone groups is 1. The second-order valence-corrected chi connectivity index (χ2v) is 6.16. The Kier molecular flexibility index (Phi) is 4.52. The van der Waals surface area contributed by atoms with Crippen LogP contribution >= 0.6 is 11.6 Å². The lowest BCUT2D eigenvalue weighted by Crippen LogP contribution is -2.17. The largest absolute Gasteiger partial charge is 0.454 e. The summed E-state index contributed by atoms with van der Waals surface area (Å²) in [5.74, 6) is 0.786. The minimum atomic E-state index is -0.367. The topological polar surface area (TPSA) is 77.7 Å². The highest BCUT2D eigenvalue weighted by Crippen LogP contribution is 2.32. The molecule has 7 nitrogen and oxygen atoms in total. The molecule has 0 unspecified atom stereocenters. The summed E-state index contributed by atoms with van der Waals surface area (Å²) in [6.45, 7) is 1.98. The van der Waals surface area contributed by atoms with Gasteiger partial charge in [0.1, 0.15) is 5.15 Å². The number of aryl methyl sites for hydroxylation is 1. The Morgan fingerprint density at radius 2 is 2.00 bits per heavy atom. The van der Waals surface area contributed by atoms with Gasteiger partial charge in [0.15, 0.2) is 11.5 Å². The van der Waals surface area contributed by atoms with E-state index in [9.17, 15) is 4.79 Å². The third-order valence-corrected chi connectivity index (χ3v) is 4.41. The second kappa shape index (κ2) is 7.13. The van der Waals surface area contributed by atoms with Crippen molar-refractivity contribution in [3.63, 3.8) is 0 Å². The van der Waals surface area contributed by atoms with Gasteiger partial charge in [-0.25, -0.2) is 10.1 Å². The number of carbonyl (C=O) groups is 1. The van der Waals surface area contributed by atoms with Crippen LogP contribution in [0.5, 0.6) is 11.5 Å². The van der Waals surface area contributed by atoms with Crippen molar-refractivity contribution in [1.29, 1.82) is 0 Å². The lowest BCUT2D eigenvalue weighted by atomic mass is 10.2. The fourth-order valence-corrected chi connectivity index (χ4v) is 2.98. The summed E-state index contributed by atoms with van der Waals surface area (Å²) in [5.41, 5.74) is 5.07. The van der Waals surface area contributed by atoms with E-state index in [4.69, 9.17) is 21.1 Å². The fraction of sp³-hybridized carbons (Fsp3) is 0.105. The van der Waals surface area contributed by atoms with Gasteiger partial charge in [0.05, 0.1) is 23.2 Å². The van der Waals surface area contributed by atoms with Gasteiger partial charge in [-0.05, 0) is 37.3 Å². The number of nitrogens with one attached hydrogen (secondary N) is 1. The van der Waals surface area contributed by atoms with Crippen molar-refractivity contribution in [2.75, 3.05) is 6.79 Å². The van der Waals surface area contributed by atoms with Crippen molar-refractivity contribution in [2.45, 2.75) is 6.92 Å². The predicted octanol–water partition coefficient (Wildman–Crippen LogP) is 3.33. The van der Waals surface area contributed by atoms with Gasteiger partial charge in [-0.1, -0.05) is 29.8 Å². The summed E-state index contributed by atoms with van der Waals surface area (Å²) in [6.07, 6.45) is 1.48. The normalized spacial score (nSPS) is 12.5. The van der Waals surface area contributed by atoms with Crippen molar-refractivity contribution >= 4 is 23.7 Å². The van der Waals surface area contributed by atoms with Gasteiger partial charge < -0.3 is 9.47 Å². The van der Waals surface area contributed by atoms with Crippen LogP contribution in [0.1, 0.15) is 21.6 Å². The number of fused-ring (bicyclic) bond motifs is 1. The van der Waals surface area contributed by atoms with E-state index in [0.29, 0.717) is 33.5 Å². The standard InChI is InChI=1S/C19H15ClN4O3/c1-12-15(18(20)24(23-12)14-5-3-2-4-6-14)10-21-22-19(25)13-7-8-16-17(9-13)27-11-26-16/h2-10H,11H2,1H3,(H,22,25)/b21-10-. The third kappa shape index (κ3) is 3.37. The van der Waals surface area contributed by atoms with E-state index in [1.165, 1.54) is 6.21 Å². The first kappa shape index (κ1) is 17.1. The SMILES string of the molecule is Cc1nn(-c2ccccc2)c(Cl)c1/C=N\NC(=O)c1ccc2c(c1)OCO2. The highest BCUT2D eigenvalue weighted by molar-refractivity contribution is 6.32. The highest BCUT2D eigenvalue weighted by Gasteiger charge is 2.16. The van der Waals surface area contributed by atoms with Crippen LogP contribution < -0.4 is 14.9 Å². The molecule has 27 heavy (non-hydrogen) atoms. The molecule has 1 aliphatic rings. The quantitative estimate of drug-likeness (QED) is 0.554. The van der Waals surface area contributed by atoms with Crippen LogP contribution in [0.3, 0.4) is 0 Å². The number of ether oxygens (including phenoxy) is 2. The Morgan fingerprint density at radius 3 is 2.81 bits per heavy atom. The number of amides is 1. The zero-order valence-corrected chi connectivity index (χ0v) is 15.1. The summed E-state index contributed by atoms with van der Waals surface area (Å²) < 4.78 is 12.1. The average molecular weight is 383 g/mol. The van der Waals surface area contributed by atoms with Gasteiger partial charge >= 0.3 is 0 Å². The molecule has 1 aromatic heterocycles. The van der Waals surface area contributed by atoms with Crippen molar-refractivity contribution in [3.8, 4) is 17.2 Å². The molecule has 0 spiro atoms. The molecule has 1 aliphatic heterocycles. The van der Waals surface area contributed by atoms with E-state index in [2.05, 4.69) is 15.6 Å². The van der Waals surface area contributed by atoms with Crippen molar-refractivity contribution in [1.82, 2.24) is 15.2 Å².